The fraction of sp³-hybridized carbons (Fsp3) is 0.429. The van der Waals surface area contributed by atoms with Crippen LogP contribution in [0.4, 0.5) is 5.69 Å². The number of hydrogen-bond donors (Lipinski definition) is 1. The lowest BCUT2D eigenvalue weighted by Gasteiger charge is -2.34. The molecule has 1 saturated heterocycles. The minimum atomic E-state index is -3.19. The third-order valence-corrected chi connectivity index (χ3v) is 8.25. The summed E-state index contributed by atoms with van der Waals surface area (Å²) >= 11 is 7.07. The standard InChI is InChI=1S/C21H25ClN2O4S2/c1-2-30(27,28)17-5-3-16(4-6-17)24-13-11-15(12-14-24)23-21(26)10-7-18(25)19-8-9-20(22)29-19/h3-6,8-9,15H,2,7,10-14H2,1H3,(H,23,26). The number of piperidine rings is 1. The first-order valence-electron chi connectivity index (χ1n) is 9.94. The van der Waals surface area contributed by atoms with Crippen LogP contribution >= 0.6 is 22.9 Å². The normalized spacial score (nSPS) is 15.2. The van der Waals surface area contributed by atoms with Crippen molar-refractivity contribution in [2.75, 3.05) is 23.7 Å². The molecule has 3 rings (SSSR count). The zero-order valence-corrected chi connectivity index (χ0v) is 19.2. The maximum absolute atomic E-state index is 12.2. The van der Waals surface area contributed by atoms with Crippen LogP contribution in [0.3, 0.4) is 0 Å². The molecule has 1 amide bonds. The van der Waals surface area contributed by atoms with E-state index in [4.69, 9.17) is 11.6 Å². The van der Waals surface area contributed by atoms with Crippen LogP contribution in [0.5, 0.6) is 0 Å². The number of amides is 1. The van der Waals surface area contributed by atoms with Crippen LogP contribution in [0.15, 0.2) is 41.3 Å². The van der Waals surface area contributed by atoms with Gasteiger partial charge in [-0.05, 0) is 49.2 Å². The van der Waals surface area contributed by atoms with Crippen LogP contribution in [0, 0.1) is 0 Å². The van der Waals surface area contributed by atoms with Crippen LogP contribution in [0.2, 0.25) is 4.34 Å². The smallest absolute Gasteiger partial charge is 0.220 e. The van der Waals surface area contributed by atoms with Gasteiger partial charge in [0.1, 0.15) is 0 Å². The molecule has 0 unspecified atom stereocenters. The minimum absolute atomic E-state index is 0.0644. The van der Waals surface area contributed by atoms with Gasteiger partial charge >= 0.3 is 0 Å². The van der Waals surface area contributed by atoms with Gasteiger partial charge in [0.15, 0.2) is 15.6 Å². The maximum atomic E-state index is 12.2. The van der Waals surface area contributed by atoms with E-state index in [1.807, 2.05) is 12.1 Å². The van der Waals surface area contributed by atoms with Gasteiger partial charge in [0.2, 0.25) is 5.91 Å². The number of sulfone groups is 1. The van der Waals surface area contributed by atoms with Crippen LogP contribution < -0.4 is 10.2 Å². The van der Waals surface area contributed by atoms with Gasteiger partial charge in [-0.15, -0.1) is 11.3 Å². The Labute approximate surface area is 186 Å². The number of carbonyl (C=O) groups excluding carboxylic acids is 2. The van der Waals surface area contributed by atoms with Gasteiger partial charge in [-0.25, -0.2) is 8.42 Å². The number of ketones is 1. The Morgan fingerprint density at radius 3 is 2.33 bits per heavy atom. The summed E-state index contributed by atoms with van der Waals surface area (Å²) in [5.41, 5.74) is 0.982. The first-order chi connectivity index (χ1) is 14.3. The molecule has 1 aromatic heterocycles. The van der Waals surface area contributed by atoms with Crippen molar-refractivity contribution in [3.63, 3.8) is 0 Å². The van der Waals surface area contributed by atoms with Gasteiger partial charge in [-0.1, -0.05) is 18.5 Å². The van der Waals surface area contributed by atoms with Crippen LogP contribution in [0.25, 0.3) is 0 Å². The number of anilines is 1. The number of hydrogen-bond acceptors (Lipinski definition) is 6. The minimum Gasteiger partial charge on any atom is -0.371 e. The number of benzene rings is 1. The van der Waals surface area contributed by atoms with Gasteiger partial charge in [-0.2, -0.15) is 0 Å². The predicted molar refractivity (Wildman–Crippen MR) is 120 cm³/mol. The van der Waals surface area contributed by atoms with Crippen molar-refractivity contribution in [2.45, 2.75) is 43.5 Å². The predicted octanol–water partition coefficient (Wildman–Crippen LogP) is 3.94. The molecule has 0 radical (unpaired) electrons. The molecule has 1 N–H and O–H groups in total. The number of nitrogens with one attached hydrogen (secondary N) is 1. The highest BCUT2D eigenvalue weighted by Gasteiger charge is 2.22. The lowest BCUT2D eigenvalue weighted by Crippen LogP contribution is -2.44. The van der Waals surface area contributed by atoms with Crippen molar-refractivity contribution < 1.29 is 18.0 Å². The topological polar surface area (TPSA) is 83.6 Å². The molecule has 0 atom stereocenters. The fourth-order valence-corrected chi connectivity index (χ4v) is 5.32. The molecular formula is C21H25ClN2O4S2. The molecule has 6 nitrogen and oxygen atoms in total. The molecule has 1 aromatic carbocycles. The van der Waals surface area contributed by atoms with E-state index in [0.717, 1.165) is 31.6 Å². The summed E-state index contributed by atoms with van der Waals surface area (Å²) in [4.78, 5) is 27.4. The number of nitrogens with zero attached hydrogens (tertiary/aromatic N) is 1. The zero-order valence-electron chi connectivity index (χ0n) is 16.8. The number of carbonyl (C=O) groups is 2. The van der Waals surface area contributed by atoms with Crippen molar-refractivity contribution in [1.29, 1.82) is 0 Å². The summed E-state index contributed by atoms with van der Waals surface area (Å²) in [5.74, 6) is -0.0895. The average molecular weight is 469 g/mol. The second-order valence-corrected chi connectivity index (χ2v) is 11.2. The Hall–Kier alpha value is -1.90. The zero-order chi connectivity index (χ0) is 21.7. The van der Waals surface area contributed by atoms with E-state index < -0.39 is 9.84 Å². The molecule has 9 heteroatoms. The molecule has 0 saturated carbocycles. The average Bonchev–Trinajstić information content (AvgIpc) is 3.19. The van der Waals surface area contributed by atoms with E-state index in [2.05, 4.69) is 10.2 Å². The summed E-state index contributed by atoms with van der Waals surface area (Å²) in [6.45, 7) is 3.19. The van der Waals surface area contributed by atoms with Crippen molar-refractivity contribution in [3.05, 3.63) is 45.6 Å². The first kappa shape index (κ1) is 22.8. The molecule has 1 aliphatic heterocycles. The third kappa shape index (κ3) is 5.83. The van der Waals surface area contributed by atoms with Gasteiger partial charge in [-0.3, -0.25) is 9.59 Å². The van der Waals surface area contributed by atoms with Crippen LogP contribution in [0.1, 0.15) is 42.3 Å². The monoisotopic (exact) mass is 468 g/mol. The molecule has 30 heavy (non-hydrogen) atoms. The second-order valence-electron chi connectivity index (χ2n) is 7.25. The largest absolute Gasteiger partial charge is 0.371 e. The molecule has 1 aliphatic rings. The van der Waals surface area contributed by atoms with E-state index in [1.54, 1.807) is 31.2 Å². The second kappa shape index (κ2) is 9.94. The summed E-state index contributed by atoms with van der Waals surface area (Å²) in [6.07, 6.45) is 1.95. The highest BCUT2D eigenvalue weighted by Crippen LogP contribution is 2.24. The fourth-order valence-electron chi connectivity index (χ4n) is 3.43. The molecule has 0 aliphatic carbocycles. The van der Waals surface area contributed by atoms with Gasteiger partial charge in [0.05, 0.1) is 19.9 Å². The molecule has 0 bridgehead atoms. The number of halogens is 1. The van der Waals surface area contributed by atoms with E-state index in [0.29, 0.717) is 14.1 Å². The third-order valence-electron chi connectivity index (χ3n) is 5.23. The number of Topliss-reactive ketones (excluding diaryl/α,β-unsaturated/α-hetero) is 1. The lowest BCUT2D eigenvalue weighted by atomic mass is 10.0. The molecule has 2 heterocycles. The first-order valence-corrected chi connectivity index (χ1v) is 12.8. The maximum Gasteiger partial charge on any atom is 0.220 e. The van der Waals surface area contributed by atoms with E-state index in [1.165, 1.54) is 11.3 Å². The summed E-state index contributed by atoms with van der Waals surface area (Å²) in [5, 5.41) is 3.02. The Balaban J connectivity index is 1.44. The van der Waals surface area contributed by atoms with Crippen molar-refractivity contribution in [2.24, 2.45) is 0 Å². The summed E-state index contributed by atoms with van der Waals surface area (Å²) < 4.78 is 24.4. The van der Waals surface area contributed by atoms with Gasteiger partial charge < -0.3 is 10.2 Å². The van der Waals surface area contributed by atoms with Crippen molar-refractivity contribution >= 4 is 50.2 Å². The lowest BCUT2D eigenvalue weighted by molar-refractivity contribution is -0.121. The highest BCUT2D eigenvalue weighted by molar-refractivity contribution is 7.91. The SMILES string of the molecule is CCS(=O)(=O)c1ccc(N2CCC(NC(=O)CCC(=O)c3ccc(Cl)s3)CC2)cc1. The molecular weight excluding hydrogens is 444 g/mol. The Morgan fingerprint density at radius 1 is 1.10 bits per heavy atom. The molecule has 0 spiro atoms. The van der Waals surface area contributed by atoms with Crippen molar-refractivity contribution in [1.82, 2.24) is 5.32 Å². The van der Waals surface area contributed by atoms with Crippen LogP contribution in [-0.4, -0.2) is 45.0 Å². The summed E-state index contributed by atoms with van der Waals surface area (Å²) in [6, 6.07) is 10.4. The van der Waals surface area contributed by atoms with Crippen molar-refractivity contribution in [3.8, 4) is 0 Å². The molecule has 162 valence electrons. The Bertz CT molecular complexity index is 994. The number of rotatable bonds is 8. The molecule has 2 aromatic rings. The quantitative estimate of drug-likeness (QED) is 0.593. The van der Waals surface area contributed by atoms with Gasteiger partial charge in [0, 0.05) is 37.7 Å². The molecule has 1 fully saturated rings. The highest BCUT2D eigenvalue weighted by atomic mass is 35.5. The van der Waals surface area contributed by atoms with Crippen LogP contribution in [-0.2, 0) is 14.6 Å². The Morgan fingerprint density at radius 2 is 1.77 bits per heavy atom. The Kier molecular flexibility index (Phi) is 7.55. The van der Waals surface area contributed by atoms with E-state index in [9.17, 15) is 18.0 Å². The van der Waals surface area contributed by atoms with E-state index >= 15 is 0 Å². The van der Waals surface area contributed by atoms with E-state index in [-0.39, 0.29) is 36.3 Å². The summed E-state index contributed by atoms with van der Waals surface area (Å²) in [7, 11) is -3.19. The van der Waals surface area contributed by atoms with Gasteiger partial charge in [0.25, 0.3) is 0 Å². The number of thiophene rings is 1.